The molecule has 0 heterocycles. The van der Waals surface area contributed by atoms with Gasteiger partial charge in [0.2, 0.25) is 5.91 Å². The van der Waals surface area contributed by atoms with Crippen LogP contribution in [0.2, 0.25) is 0 Å². The van der Waals surface area contributed by atoms with Crippen molar-refractivity contribution in [2.24, 2.45) is 0 Å². The summed E-state index contributed by atoms with van der Waals surface area (Å²) in [4.78, 5) is 24.2. The van der Waals surface area contributed by atoms with Gasteiger partial charge >= 0.3 is 5.97 Å². The van der Waals surface area contributed by atoms with Crippen molar-refractivity contribution in [3.63, 3.8) is 0 Å². The van der Waals surface area contributed by atoms with Crippen LogP contribution in [0.25, 0.3) is 0 Å². The second kappa shape index (κ2) is 7.04. The Morgan fingerprint density at radius 3 is 2.47 bits per heavy atom. The van der Waals surface area contributed by atoms with Gasteiger partial charge in [-0.1, -0.05) is 12.1 Å². The Bertz CT molecular complexity index is 499. The summed E-state index contributed by atoms with van der Waals surface area (Å²) in [6.45, 7) is 0. The first-order chi connectivity index (χ1) is 8.93. The summed E-state index contributed by atoms with van der Waals surface area (Å²) in [6.07, 6.45) is 0.783. The van der Waals surface area contributed by atoms with E-state index < -0.39 is 16.8 Å². The minimum atomic E-state index is -1.40. The van der Waals surface area contributed by atoms with Gasteiger partial charge in [0.05, 0.1) is 21.3 Å². The number of aromatic carboxylic acids is 1. The van der Waals surface area contributed by atoms with Gasteiger partial charge < -0.3 is 10.0 Å². The highest BCUT2D eigenvalue weighted by Crippen LogP contribution is 2.15. The summed E-state index contributed by atoms with van der Waals surface area (Å²) in [5, 5.41) is 9.01. The number of amides is 1. The van der Waals surface area contributed by atoms with Crippen LogP contribution < -0.4 is 0 Å². The fourth-order valence-corrected chi connectivity index (χ4v) is 2.79. The molecule has 0 spiro atoms. The number of carboxylic acid groups (broad SMARTS) is 1. The Morgan fingerprint density at radius 2 is 1.89 bits per heavy atom. The van der Waals surface area contributed by atoms with E-state index in [2.05, 4.69) is 0 Å². The van der Waals surface area contributed by atoms with Crippen LogP contribution in [0.15, 0.2) is 29.2 Å². The number of hydrogen-bond acceptors (Lipinski definition) is 3. The first-order valence-corrected chi connectivity index (χ1v) is 7.16. The molecule has 19 heavy (non-hydrogen) atoms. The van der Waals surface area contributed by atoms with Crippen molar-refractivity contribution >= 4 is 22.7 Å². The van der Waals surface area contributed by atoms with Crippen LogP contribution in [0.3, 0.4) is 0 Å². The summed E-state index contributed by atoms with van der Waals surface area (Å²) < 4.78 is 12.0. The Kier molecular flexibility index (Phi) is 5.69. The predicted octanol–water partition coefficient (Wildman–Crippen LogP) is 1.36. The fraction of sp³-hybridized carbons (Fsp3) is 0.385. The summed E-state index contributed by atoms with van der Waals surface area (Å²) >= 11 is 0. The van der Waals surface area contributed by atoms with Crippen LogP contribution in [0.5, 0.6) is 0 Å². The molecular weight excluding hydrogens is 266 g/mol. The first kappa shape index (κ1) is 15.4. The summed E-state index contributed by atoms with van der Waals surface area (Å²) in [7, 11) is 1.93. The Labute approximate surface area is 114 Å². The number of hydrogen-bond donors (Lipinski definition) is 1. The lowest BCUT2D eigenvalue weighted by molar-refractivity contribution is -0.128. The molecule has 1 unspecified atom stereocenters. The van der Waals surface area contributed by atoms with Crippen LogP contribution in [0, 0.1) is 0 Å². The quantitative estimate of drug-likeness (QED) is 0.855. The summed E-state index contributed by atoms with van der Waals surface area (Å²) in [6, 6.07) is 6.23. The van der Waals surface area contributed by atoms with E-state index in [0.717, 1.165) is 0 Å². The monoisotopic (exact) mass is 283 g/mol. The maximum atomic E-state index is 12.0. The smallest absolute Gasteiger partial charge is 0.336 e. The number of benzene rings is 1. The topological polar surface area (TPSA) is 74.7 Å². The fourth-order valence-electron chi connectivity index (χ4n) is 1.53. The number of rotatable bonds is 6. The Morgan fingerprint density at radius 1 is 1.26 bits per heavy atom. The lowest BCUT2D eigenvalue weighted by Crippen LogP contribution is -2.21. The van der Waals surface area contributed by atoms with Gasteiger partial charge in [-0.25, -0.2) is 4.79 Å². The molecule has 5 nitrogen and oxygen atoms in total. The molecular formula is C13H17NO4S. The molecule has 0 aliphatic rings. The molecule has 1 aromatic carbocycles. The average molecular weight is 283 g/mol. The maximum Gasteiger partial charge on any atom is 0.336 e. The van der Waals surface area contributed by atoms with Gasteiger partial charge in [0, 0.05) is 26.3 Å². The van der Waals surface area contributed by atoms with Crippen LogP contribution >= 0.6 is 0 Å². The van der Waals surface area contributed by atoms with E-state index in [-0.39, 0.29) is 17.2 Å². The van der Waals surface area contributed by atoms with Crippen molar-refractivity contribution in [1.82, 2.24) is 4.90 Å². The zero-order chi connectivity index (χ0) is 14.4. The van der Waals surface area contributed by atoms with Crippen molar-refractivity contribution in [3.8, 4) is 0 Å². The van der Waals surface area contributed by atoms with E-state index in [0.29, 0.717) is 17.7 Å². The van der Waals surface area contributed by atoms with Crippen LogP contribution in [-0.4, -0.2) is 45.9 Å². The van der Waals surface area contributed by atoms with E-state index in [9.17, 15) is 13.8 Å². The highest BCUT2D eigenvalue weighted by Gasteiger charge is 2.14. The Balaban J connectivity index is 2.64. The second-order valence-electron chi connectivity index (χ2n) is 4.24. The summed E-state index contributed by atoms with van der Waals surface area (Å²) in [5.41, 5.74) is 0.0553. The number of carboxylic acids is 1. The van der Waals surface area contributed by atoms with Crippen molar-refractivity contribution in [2.75, 3.05) is 19.8 Å². The molecule has 0 radical (unpaired) electrons. The van der Waals surface area contributed by atoms with Crippen LogP contribution in [-0.2, 0) is 15.6 Å². The highest BCUT2D eigenvalue weighted by atomic mass is 32.2. The average Bonchev–Trinajstić information content (AvgIpc) is 2.38. The van der Waals surface area contributed by atoms with E-state index in [1.165, 1.54) is 11.0 Å². The van der Waals surface area contributed by atoms with Gasteiger partial charge in [0.1, 0.15) is 0 Å². The minimum absolute atomic E-state index is 0.0245. The third kappa shape index (κ3) is 4.48. The molecule has 0 aromatic heterocycles. The second-order valence-corrected chi connectivity index (χ2v) is 5.78. The number of carbonyl (C=O) groups excluding carboxylic acids is 1. The molecule has 0 aliphatic carbocycles. The third-order valence-corrected chi connectivity index (χ3v) is 4.09. The normalized spacial score (nSPS) is 11.9. The molecule has 0 bridgehead atoms. The standard InChI is InChI=1S/C13H17NO4S/c1-14(2)12(15)8-5-9-19(18)11-7-4-3-6-10(11)13(16)17/h3-4,6-7H,5,8-9H2,1-2H3,(H,16,17). The van der Waals surface area contributed by atoms with Gasteiger partial charge in [-0.05, 0) is 18.6 Å². The zero-order valence-corrected chi connectivity index (χ0v) is 11.8. The van der Waals surface area contributed by atoms with E-state index in [4.69, 9.17) is 5.11 Å². The van der Waals surface area contributed by atoms with E-state index in [1.807, 2.05) is 0 Å². The van der Waals surface area contributed by atoms with Gasteiger partial charge in [-0.3, -0.25) is 9.00 Å². The number of carbonyl (C=O) groups is 2. The lowest BCUT2D eigenvalue weighted by Gasteiger charge is -2.10. The molecule has 1 atom stereocenters. The van der Waals surface area contributed by atoms with Gasteiger partial charge in [-0.15, -0.1) is 0 Å². The molecule has 0 aliphatic heterocycles. The van der Waals surface area contributed by atoms with Gasteiger partial charge in [0.15, 0.2) is 0 Å². The first-order valence-electron chi connectivity index (χ1n) is 5.84. The molecule has 1 N–H and O–H groups in total. The molecule has 1 aromatic rings. The molecule has 1 amide bonds. The molecule has 6 heteroatoms. The van der Waals surface area contributed by atoms with Crippen molar-refractivity contribution in [2.45, 2.75) is 17.7 Å². The van der Waals surface area contributed by atoms with Crippen LogP contribution in [0.1, 0.15) is 23.2 Å². The van der Waals surface area contributed by atoms with Crippen molar-refractivity contribution < 1.29 is 18.9 Å². The zero-order valence-electron chi connectivity index (χ0n) is 11.0. The molecule has 0 saturated heterocycles. The maximum absolute atomic E-state index is 12.0. The molecule has 0 saturated carbocycles. The predicted molar refractivity (Wildman–Crippen MR) is 72.6 cm³/mol. The SMILES string of the molecule is CN(C)C(=O)CCCS(=O)c1ccccc1C(=O)O. The summed E-state index contributed by atoms with van der Waals surface area (Å²) in [5.74, 6) is -0.832. The van der Waals surface area contributed by atoms with Gasteiger partial charge in [-0.2, -0.15) is 0 Å². The minimum Gasteiger partial charge on any atom is -0.478 e. The van der Waals surface area contributed by atoms with E-state index in [1.54, 1.807) is 32.3 Å². The lowest BCUT2D eigenvalue weighted by atomic mass is 10.2. The molecule has 1 rings (SSSR count). The third-order valence-electron chi connectivity index (χ3n) is 2.58. The highest BCUT2D eigenvalue weighted by molar-refractivity contribution is 7.85. The van der Waals surface area contributed by atoms with Crippen molar-refractivity contribution in [1.29, 1.82) is 0 Å². The number of nitrogens with zero attached hydrogens (tertiary/aromatic N) is 1. The molecule has 0 fully saturated rings. The molecule has 104 valence electrons. The van der Waals surface area contributed by atoms with E-state index >= 15 is 0 Å². The largest absolute Gasteiger partial charge is 0.478 e. The Hall–Kier alpha value is -1.69. The van der Waals surface area contributed by atoms with Crippen LogP contribution in [0.4, 0.5) is 0 Å². The van der Waals surface area contributed by atoms with Gasteiger partial charge in [0.25, 0.3) is 0 Å². The van der Waals surface area contributed by atoms with Crippen molar-refractivity contribution in [3.05, 3.63) is 29.8 Å².